The summed E-state index contributed by atoms with van der Waals surface area (Å²) in [7, 11) is 0.500. The second-order valence-electron chi connectivity index (χ2n) is 9.51. The number of nitrogens with zero attached hydrogens (tertiary/aromatic N) is 5. The average molecular weight is 516 g/mol. The highest BCUT2D eigenvalue weighted by Gasteiger charge is 2.48. The maximum absolute atomic E-state index is 12.9. The molecule has 8 nitrogen and oxygen atoms in total. The molecule has 0 saturated carbocycles. The fourth-order valence-electron chi connectivity index (χ4n) is 5.72. The van der Waals surface area contributed by atoms with Crippen LogP contribution in [-0.4, -0.2) is 70.2 Å². The van der Waals surface area contributed by atoms with Crippen molar-refractivity contribution in [2.24, 2.45) is 0 Å². The minimum absolute atomic E-state index is 0.0562. The van der Waals surface area contributed by atoms with E-state index >= 15 is 0 Å². The average Bonchev–Trinajstić information content (AvgIpc) is 3.20. The van der Waals surface area contributed by atoms with Crippen molar-refractivity contribution in [2.75, 3.05) is 25.2 Å². The molecule has 0 N–H and O–H groups in total. The molecule has 0 radical (unpaired) electrons. The number of halogens is 1. The first-order valence-corrected chi connectivity index (χ1v) is 12.7. The Morgan fingerprint density at radius 3 is 2.55 bits per heavy atom. The summed E-state index contributed by atoms with van der Waals surface area (Å²) in [6, 6.07) is 8.29. The Morgan fingerprint density at radius 2 is 1.89 bits per heavy atom. The van der Waals surface area contributed by atoms with Gasteiger partial charge in [-0.1, -0.05) is 43.0 Å². The van der Waals surface area contributed by atoms with Crippen LogP contribution in [0.4, 0.5) is 10.2 Å². The summed E-state index contributed by atoms with van der Waals surface area (Å²) in [6.07, 6.45) is 10.9. The van der Waals surface area contributed by atoms with Crippen molar-refractivity contribution < 1.29 is 18.7 Å². The fourth-order valence-corrected chi connectivity index (χ4v) is 5.72. The Balaban J connectivity index is 0.00000144. The Labute approximate surface area is 220 Å². The van der Waals surface area contributed by atoms with Crippen LogP contribution >= 0.6 is 0 Å². The molecule has 9 heteroatoms. The van der Waals surface area contributed by atoms with E-state index in [0.717, 1.165) is 51.9 Å². The zero-order valence-electron chi connectivity index (χ0n) is 21.5. The van der Waals surface area contributed by atoms with Crippen molar-refractivity contribution in [3.8, 4) is 11.3 Å². The van der Waals surface area contributed by atoms with Gasteiger partial charge in [0.1, 0.15) is 12.1 Å². The quantitative estimate of drug-likeness (QED) is 0.464. The Bertz CT molecular complexity index is 1400. The van der Waals surface area contributed by atoms with Crippen LogP contribution in [0.2, 0.25) is 0 Å². The number of carbonyl (C=O) groups excluding carboxylic acids is 2. The van der Waals surface area contributed by atoms with Crippen molar-refractivity contribution in [3.63, 3.8) is 0 Å². The summed E-state index contributed by atoms with van der Waals surface area (Å²) in [4.78, 5) is 42.3. The molecule has 3 atom stereocenters. The lowest BCUT2D eigenvalue weighted by Crippen LogP contribution is -2.60. The molecule has 38 heavy (non-hydrogen) atoms. The molecule has 0 spiro atoms. The second kappa shape index (κ2) is 10.7. The number of benzene rings is 1. The number of amides is 1. The number of hydrogen-bond donors (Lipinski definition) is 0. The molecular weight excluding hydrogens is 485 g/mol. The van der Waals surface area contributed by atoms with Crippen molar-refractivity contribution in [2.45, 2.75) is 44.4 Å². The molecule has 2 bridgehead atoms. The first-order chi connectivity index (χ1) is 18.6. The molecule has 2 aromatic heterocycles. The van der Waals surface area contributed by atoms with Gasteiger partial charge >= 0.3 is 5.97 Å². The van der Waals surface area contributed by atoms with Gasteiger partial charge < -0.3 is 14.5 Å². The number of hydrogen-bond acceptors (Lipinski definition) is 7. The van der Waals surface area contributed by atoms with E-state index in [1.54, 1.807) is 6.33 Å². The van der Waals surface area contributed by atoms with E-state index in [9.17, 15) is 14.0 Å². The second-order valence-corrected chi connectivity index (χ2v) is 9.51. The Hall–Kier alpha value is -4.14. The van der Waals surface area contributed by atoms with Crippen LogP contribution in [0.5, 0.6) is 0 Å². The van der Waals surface area contributed by atoms with Crippen LogP contribution in [0.15, 0.2) is 49.4 Å². The molecule has 3 aliphatic rings. The monoisotopic (exact) mass is 515 g/mol. The molecule has 196 valence electrons. The molecule has 1 amide bonds. The first-order valence-electron chi connectivity index (χ1n) is 12.7. The molecule has 3 aromatic rings. The summed E-state index contributed by atoms with van der Waals surface area (Å²) in [5.74, 6) is 0.485. The Kier molecular flexibility index (Phi) is 7.18. The van der Waals surface area contributed by atoms with E-state index in [-0.39, 0.29) is 30.4 Å². The lowest BCUT2D eigenvalue weighted by atomic mass is 9.97. The van der Waals surface area contributed by atoms with Gasteiger partial charge in [-0.05, 0) is 37.0 Å². The van der Waals surface area contributed by atoms with Gasteiger partial charge in [-0.15, -0.1) is 0 Å². The molecule has 5 heterocycles. The molecule has 3 saturated heterocycles. The molecule has 1 aromatic carbocycles. The highest BCUT2D eigenvalue weighted by molar-refractivity contribution is 5.94. The molecule has 0 aliphatic carbocycles. The van der Waals surface area contributed by atoms with Crippen molar-refractivity contribution in [1.82, 2.24) is 19.9 Å². The number of alkyl halides is 1. The number of piperazine rings is 1. The van der Waals surface area contributed by atoms with Crippen LogP contribution in [0.3, 0.4) is 0 Å². The summed E-state index contributed by atoms with van der Waals surface area (Å²) < 4.78 is 14.6. The van der Waals surface area contributed by atoms with Crippen molar-refractivity contribution >= 4 is 40.7 Å². The first kappa shape index (κ1) is 25.5. The Morgan fingerprint density at radius 1 is 1.16 bits per heavy atom. The van der Waals surface area contributed by atoms with Crippen LogP contribution in [-0.2, 0) is 14.3 Å². The van der Waals surface area contributed by atoms with E-state index in [4.69, 9.17) is 9.72 Å². The maximum Gasteiger partial charge on any atom is 0.310 e. The van der Waals surface area contributed by atoms with Crippen LogP contribution in [0.1, 0.15) is 37.3 Å². The number of rotatable bonds is 5. The van der Waals surface area contributed by atoms with E-state index in [2.05, 4.69) is 33.6 Å². The largest absolute Gasteiger partial charge is 0.451 e. The minimum atomic E-state index is -0.610. The third-order valence-corrected chi connectivity index (χ3v) is 7.41. The highest BCUT2D eigenvalue weighted by Crippen LogP contribution is 2.36. The molecule has 6 rings (SSSR count). The summed E-state index contributed by atoms with van der Waals surface area (Å²) in [6.45, 7) is 7.31. The molecule has 3 unspecified atom stereocenters. The highest BCUT2D eigenvalue weighted by atomic mass is 19.1. The zero-order chi connectivity index (χ0) is 26.8. The van der Waals surface area contributed by atoms with Gasteiger partial charge in [0.15, 0.2) is 6.10 Å². The maximum atomic E-state index is 12.9. The number of ether oxygens (including phenoxy) is 1. The van der Waals surface area contributed by atoms with Gasteiger partial charge in [-0.25, -0.2) is 9.97 Å². The predicted molar refractivity (Wildman–Crippen MR) is 145 cm³/mol. The molecule has 3 aliphatic heterocycles. The standard InChI is InChI=1S/C28H27N5O3.CH3F/c1-3-6-20-17(4-2)7-5-8-21(20)23-11-24-22(13-29-23)27(31-16-30-24)32-14-18-9-10-19(15-32)33(18)28(35)25-12-26(34)36-25;1-2/h3-8,11,13,16,18-19,25H,2,9-10,12,14-15H2,1H3;1H3/b6-3-;. The summed E-state index contributed by atoms with van der Waals surface area (Å²) in [5, 5.41) is 0.890. The number of carbonyl (C=O) groups is 2. The van der Waals surface area contributed by atoms with Gasteiger partial charge in [-0.2, -0.15) is 0 Å². The van der Waals surface area contributed by atoms with Crippen LogP contribution in [0, 0.1) is 0 Å². The summed E-state index contributed by atoms with van der Waals surface area (Å²) >= 11 is 0. The SMILES string of the molecule is C=Cc1cccc(-c2cc3ncnc(N4CC5CCC(C4)N5C(=O)C4CC(=O)O4)c3cn2)c1/C=C\C.CF. The van der Waals surface area contributed by atoms with Crippen LogP contribution < -0.4 is 4.90 Å². The minimum Gasteiger partial charge on any atom is -0.451 e. The number of cyclic esters (lactones) is 1. The number of fused-ring (bicyclic) bond motifs is 3. The number of anilines is 1. The molecular formula is C29H30FN5O3. The lowest BCUT2D eigenvalue weighted by Gasteiger charge is -2.43. The number of allylic oxidation sites excluding steroid dienone is 1. The van der Waals surface area contributed by atoms with E-state index < -0.39 is 6.10 Å². The molecule has 3 fully saturated rings. The topological polar surface area (TPSA) is 88.5 Å². The lowest BCUT2D eigenvalue weighted by molar-refractivity contribution is -0.180. The van der Waals surface area contributed by atoms with Gasteiger partial charge in [0.2, 0.25) is 0 Å². The van der Waals surface area contributed by atoms with Crippen molar-refractivity contribution in [1.29, 1.82) is 0 Å². The van der Waals surface area contributed by atoms with E-state index in [0.29, 0.717) is 20.3 Å². The number of esters is 1. The van der Waals surface area contributed by atoms with Gasteiger partial charge in [0, 0.05) is 36.9 Å². The number of aromatic nitrogens is 3. The predicted octanol–water partition coefficient (Wildman–Crippen LogP) is 4.45. The van der Waals surface area contributed by atoms with Gasteiger partial charge in [0.05, 0.1) is 30.2 Å². The fraction of sp³-hybridized carbons (Fsp3) is 0.345. The zero-order valence-corrected chi connectivity index (χ0v) is 21.5. The van der Waals surface area contributed by atoms with Gasteiger partial charge in [-0.3, -0.25) is 19.0 Å². The smallest absolute Gasteiger partial charge is 0.310 e. The van der Waals surface area contributed by atoms with Crippen molar-refractivity contribution in [3.05, 3.63) is 60.6 Å². The third-order valence-electron chi connectivity index (χ3n) is 7.41. The summed E-state index contributed by atoms with van der Waals surface area (Å²) in [5.41, 5.74) is 4.82. The van der Waals surface area contributed by atoms with E-state index in [1.165, 1.54) is 0 Å². The van der Waals surface area contributed by atoms with E-state index in [1.807, 2.05) is 48.4 Å². The van der Waals surface area contributed by atoms with Gasteiger partial charge in [0.25, 0.3) is 5.91 Å². The third kappa shape index (κ3) is 4.42. The normalized spacial score (nSPS) is 22.1. The number of pyridine rings is 1. The van der Waals surface area contributed by atoms with Crippen LogP contribution in [0.25, 0.3) is 34.3 Å².